The molecule has 1 fully saturated rings. The maximum absolute atomic E-state index is 11.6. The lowest BCUT2D eigenvalue weighted by Gasteiger charge is -2.18. The van der Waals surface area contributed by atoms with Gasteiger partial charge in [-0.2, -0.15) is 0 Å². The van der Waals surface area contributed by atoms with Crippen molar-refractivity contribution < 1.29 is 14.7 Å². The zero-order chi connectivity index (χ0) is 11.1. The Morgan fingerprint density at radius 3 is 3.00 bits per heavy atom. The number of nitrogens with one attached hydrogen (secondary N) is 1. The van der Waals surface area contributed by atoms with Gasteiger partial charge in [-0.1, -0.05) is 0 Å². The third-order valence-corrected chi connectivity index (χ3v) is 2.62. The number of amides is 2. The second-order valence-corrected chi connectivity index (χ2v) is 3.72. The van der Waals surface area contributed by atoms with Crippen molar-refractivity contribution >= 4 is 12.3 Å². The van der Waals surface area contributed by atoms with Gasteiger partial charge in [0.1, 0.15) is 6.04 Å². The molecule has 1 unspecified atom stereocenters. The van der Waals surface area contributed by atoms with E-state index in [0.717, 1.165) is 25.7 Å². The molecule has 0 aromatic carbocycles. The van der Waals surface area contributed by atoms with E-state index in [1.807, 2.05) is 0 Å². The van der Waals surface area contributed by atoms with Crippen molar-refractivity contribution in [1.29, 1.82) is 0 Å². The first-order chi connectivity index (χ1) is 7.29. The van der Waals surface area contributed by atoms with Crippen molar-refractivity contribution in [3.63, 3.8) is 0 Å². The van der Waals surface area contributed by atoms with Crippen LogP contribution in [0.2, 0.25) is 0 Å². The number of unbranched alkanes of at least 4 members (excludes halogenated alkanes) is 1. The molecule has 1 aliphatic heterocycles. The molecular formula is C10H18N2O3. The van der Waals surface area contributed by atoms with E-state index in [1.54, 1.807) is 4.90 Å². The van der Waals surface area contributed by atoms with Crippen LogP contribution >= 0.6 is 0 Å². The average molecular weight is 214 g/mol. The van der Waals surface area contributed by atoms with Crippen molar-refractivity contribution in [2.75, 3.05) is 19.7 Å². The number of aliphatic hydroxyl groups excluding tert-OH is 1. The molecule has 5 nitrogen and oxygen atoms in total. The van der Waals surface area contributed by atoms with Gasteiger partial charge in [0.15, 0.2) is 0 Å². The summed E-state index contributed by atoms with van der Waals surface area (Å²) in [6, 6.07) is -0.281. The fourth-order valence-electron chi connectivity index (χ4n) is 1.76. The highest BCUT2D eigenvalue weighted by Gasteiger charge is 2.28. The fraction of sp³-hybridized carbons (Fsp3) is 0.800. The number of carbonyl (C=O) groups is 2. The molecule has 15 heavy (non-hydrogen) atoms. The fourth-order valence-corrected chi connectivity index (χ4v) is 1.76. The third-order valence-electron chi connectivity index (χ3n) is 2.62. The predicted octanol–water partition coefficient (Wildman–Crippen LogP) is -0.504. The van der Waals surface area contributed by atoms with Gasteiger partial charge in [-0.15, -0.1) is 0 Å². The van der Waals surface area contributed by atoms with Gasteiger partial charge in [-0.3, -0.25) is 9.59 Å². The summed E-state index contributed by atoms with van der Waals surface area (Å²) >= 11 is 0. The van der Waals surface area contributed by atoms with Crippen LogP contribution < -0.4 is 5.32 Å². The van der Waals surface area contributed by atoms with Gasteiger partial charge >= 0.3 is 0 Å². The Balaban J connectivity index is 2.24. The van der Waals surface area contributed by atoms with Gasteiger partial charge < -0.3 is 15.3 Å². The van der Waals surface area contributed by atoms with Gasteiger partial charge in [0, 0.05) is 19.7 Å². The number of carbonyl (C=O) groups excluding carboxylic acids is 2. The molecule has 2 N–H and O–H groups in total. The minimum absolute atomic E-state index is 0.0717. The number of aliphatic hydroxyl groups is 1. The van der Waals surface area contributed by atoms with Crippen LogP contribution in [0, 0.1) is 0 Å². The van der Waals surface area contributed by atoms with Crippen LogP contribution in [-0.4, -0.2) is 48.1 Å². The first-order valence-electron chi connectivity index (χ1n) is 5.39. The molecule has 86 valence electrons. The SMILES string of the molecule is O=CN1CCCC1C(=O)NCCCCO. The normalized spacial score (nSPS) is 20.3. The van der Waals surface area contributed by atoms with E-state index >= 15 is 0 Å². The standard InChI is InChI=1S/C10H18N2O3/c13-7-2-1-5-11-10(15)9-4-3-6-12(9)8-14/h8-9,13H,1-7H2,(H,11,15). The Morgan fingerprint density at radius 2 is 2.33 bits per heavy atom. The Bertz CT molecular complexity index is 221. The molecule has 0 spiro atoms. The van der Waals surface area contributed by atoms with Crippen LogP contribution in [0.1, 0.15) is 25.7 Å². The maximum Gasteiger partial charge on any atom is 0.242 e. The Hall–Kier alpha value is -1.10. The van der Waals surface area contributed by atoms with Crippen LogP contribution in [0.3, 0.4) is 0 Å². The topological polar surface area (TPSA) is 69.6 Å². The first kappa shape index (κ1) is 12.0. The first-order valence-corrected chi connectivity index (χ1v) is 5.39. The Morgan fingerprint density at radius 1 is 1.53 bits per heavy atom. The maximum atomic E-state index is 11.6. The highest BCUT2D eigenvalue weighted by Crippen LogP contribution is 2.14. The molecule has 5 heteroatoms. The van der Waals surface area contributed by atoms with E-state index < -0.39 is 0 Å². The second-order valence-electron chi connectivity index (χ2n) is 3.72. The number of hydrogen-bond donors (Lipinski definition) is 2. The quantitative estimate of drug-likeness (QED) is 0.462. The molecule has 1 saturated heterocycles. The summed E-state index contributed by atoms with van der Waals surface area (Å²) in [5, 5.41) is 11.3. The molecule has 0 aromatic heterocycles. The summed E-state index contributed by atoms with van der Waals surface area (Å²) in [5.74, 6) is -0.0717. The summed E-state index contributed by atoms with van der Waals surface area (Å²) in [7, 11) is 0. The summed E-state index contributed by atoms with van der Waals surface area (Å²) in [6.45, 7) is 1.40. The molecule has 0 bridgehead atoms. The molecular weight excluding hydrogens is 196 g/mol. The number of likely N-dealkylation sites (tertiary alicyclic amines) is 1. The van der Waals surface area contributed by atoms with Crippen molar-refractivity contribution in [1.82, 2.24) is 10.2 Å². The summed E-state index contributed by atoms with van der Waals surface area (Å²) in [4.78, 5) is 23.8. The van der Waals surface area contributed by atoms with Crippen molar-refractivity contribution in [2.24, 2.45) is 0 Å². The van der Waals surface area contributed by atoms with E-state index in [-0.39, 0.29) is 18.6 Å². The number of rotatable bonds is 6. The third kappa shape index (κ3) is 3.51. The molecule has 0 aromatic rings. The lowest BCUT2D eigenvalue weighted by Crippen LogP contribution is -2.42. The lowest BCUT2D eigenvalue weighted by atomic mass is 10.2. The van der Waals surface area contributed by atoms with Crippen LogP contribution in [0.5, 0.6) is 0 Å². The summed E-state index contributed by atoms with van der Waals surface area (Å²) in [6.07, 6.45) is 3.86. The van der Waals surface area contributed by atoms with Gasteiger partial charge in [0.2, 0.25) is 12.3 Å². The molecule has 1 aliphatic rings. The van der Waals surface area contributed by atoms with Gasteiger partial charge in [-0.25, -0.2) is 0 Å². The summed E-state index contributed by atoms with van der Waals surface area (Å²) < 4.78 is 0. The Labute approximate surface area is 89.4 Å². The van der Waals surface area contributed by atoms with E-state index in [4.69, 9.17) is 5.11 Å². The van der Waals surface area contributed by atoms with Crippen LogP contribution in [0.4, 0.5) is 0 Å². The van der Waals surface area contributed by atoms with Crippen LogP contribution in [0.15, 0.2) is 0 Å². The van der Waals surface area contributed by atoms with E-state index in [0.29, 0.717) is 19.5 Å². The van der Waals surface area contributed by atoms with Crippen molar-refractivity contribution in [3.05, 3.63) is 0 Å². The zero-order valence-corrected chi connectivity index (χ0v) is 8.82. The van der Waals surface area contributed by atoms with Crippen LogP contribution in [-0.2, 0) is 9.59 Å². The van der Waals surface area contributed by atoms with E-state index in [1.165, 1.54) is 0 Å². The highest BCUT2D eigenvalue weighted by molar-refractivity contribution is 5.83. The molecule has 0 saturated carbocycles. The zero-order valence-electron chi connectivity index (χ0n) is 8.82. The lowest BCUT2D eigenvalue weighted by molar-refractivity contribution is -0.131. The molecule has 0 radical (unpaired) electrons. The molecule has 1 heterocycles. The largest absolute Gasteiger partial charge is 0.396 e. The minimum Gasteiger partial charge on any atom is -0.396 e. The molecule has 1 rings (SSSR count). The smallest absolute Gasteiger partial charge is 0.242 e. The van der Waals surface area contributed by atoms with Crippen molar-refractivity contribution in [2.45, 2.75) is 31.7 Å². The van der Waals surface area contributed by atoms with Crippen LogP contribution in [0.25, 0.3) is 0 Å². The number of hydrogen-bond acceptors (Lipinski definition) is 3. The van der Waals surface area contributed by atoms with Gasteiger partial charge in [0.05, 0.1) is 0 Å². The van der Waals surface area contributed by atoms with E-state index in [2.05, 4.69) is 5.32 Å². The molecule has 0 aliphatic carbocycles. The van der Waals surface area contributed by atoms with Gasteiger partial charge in [0.25, 0.3) is 0 Å². The second kappa shape index (κ2) is 6.40. The van der Waals surface area contributed by atoms with E-state index in [9.17, 15) is 9.59 Å². The monoisotopic (exact) mass is 214 g/mol. The van der Waals surface area contributed by atoms with Crippen molar-refractivity contribution in [3.8, 4) is 0 Å². The molecule has 2 amide bonds. The summed E-state index contributed by atoms with van der Waals surface area (Å²) in [5.41, 5.74) is 0. The predicted molar refractivity (Wildman–Crippen MR) is 55.1 cm³/mol. The molecule has 1 atom stereocenters. The number of nitrogens with zero attached hydrogens (tertiary/aromatic N) is 1. The van der Waals surface area contributed by atoms with Gasteiger partial charge in [-0.05, 0) is 25.7 Å². The highest BCUT2D eigenvalue weighted by atomic mass is 16.3. The minimum atomic E-state index is -0.281. The average Bonchev–Trinajstić information content (AvgIpc) is 2.72. The Kier molecular flexibility index (Phi) is 5.10.